The van der Waals surface area contributed by atoms with Crippen LogP contribution in [0.15, 0.2) is 11.8 Å². The average molecular weight is 179 g/mol. The van der Waals surface area contributed by atoms with Crippen LogP contribution in [0.1, 0.15) is 33.6 Å². The summed E-state index contributed by atoms with van der Waals surface area (Å²) in [6.07, 6.45) is 3.71. The Morgan fingerprint density at radius 2 is 2.08 bits per heavy atom. The van der Waals surface area contributed by atoms with Crippen LogP contribution >= 0.6 is 0 Å². The Balaban J connectivity index is 2.58. The van der Waals surface area contributed by atoms with Crippen LogP contribution in [-0.4, -0.2) is 5.78 Å². The van der Waals surface area contributed by atoms with Gasteiger partial charge in [0, 0.05) is 23.1 Å². The van der Waals surface area contributed by atoms with Crippen molar-refractivity contribution >= 4 is 5.78 Å². The quantitative estimate of drug-likeness (QED) is 0.616. The molecule has 0 aromatic heterocycles. The van der Waals surface area contributed by atoms with E-state index in [9.17, 15) is 4.79 Å². The summed E-state index contributed by atoms with van der Waals surface area (Å²) < 4.78 is 0. The standard InChI is InChI=1S/C11H17NO/c1-10(2)7-4-5-11(10,3)9(13)6-8(7)12/h6-7H,4-5,12H2,1-3H3. The van der Waals surface area contributed by atoms with Gasteiger partial charge in [0.15, 0.2) is 5.78 Å². The van der Waals surface area contributed by atoms with Gasteiger partial charge in [-0.3, -0.25) is 4.79 Å². The highest BCUT2D eigenvalue weighted by atomic mass is 16.1. The smallest absolute Gasteiger partial charge is 0.163 e. The van der Waals surface area contributed by atoms with Crippen LogP contribution < -0.4 is 5.73 Å². The van der Waals surface area contributed by atoms with Gasteiger partial charge in [-0.05, 0) is 18.3 Å². The molecule has 1 fully saturated rings. The summed E-state index contributed by atoms with van der Waals surface area (Å²) in [5, 5.41) is 0. The van der Waals surface area contributed by atoms with Crippen LogP contribution in [0.2, 0.25) is 0 Å². The highest BCUT2D eigenvalue weighted by molar-refractivity contribution is 5.97. The summed E-state index contributed by atoms with van der Waals surface area (Å²) in [5.74, 6) is 0.638. The summed E-state index contributed by atoms with van der Waals surface area (Å²) >= 11 is 0. The van der Waals surface area contributed by atoms with Gasteiger partial charge >= 0.3 is 0 Å². The molecule has 0 aliphatic heterocycles. The molecule has 0 aromatic rings. The summed E-state index contributed by atoms with van der Waals surface area (Å²) in [6, 6.07) is 0. The van der Waals surface area contributed by atoms with Crippen molar-refractivity contribution in [3.05, 3.63) is 11.8 Å². The van der Waals surface area contributed by atoms with E-state index in [2.05, 4.69) is 20.8 Å². The Kier molecular flexibility index (Phi) is 1.47. The van der Waals surface area contributed by atoms with Crippen LogP contribution in [-0.2, 0) is 4.79 Å². The first-order chi connectivity index (χ1) is 5.89. The van der Waals surface area contributed by atoms with Gasteiger partial charge < -0.3 is 5.73 Å². The molecular weight excluding hydrogens is 162 g/mol. The molecule has 0 spiro atoms. The minimum absolute atomic E-state index is 0.0446. The van der Waals surface area contributed by atoms with E-state index >= 15 is 0 Å². The van der Waals surface area contributed by atoms with Crippen LogP contribution in [0.5, 0.6) is 0 Å². The van der Waals surface area contributed by atoms with Crippen molar-refractivity contribution < 1.29 is 4.79 Å². The third kappa shape index (κ3) is 0.812. The maximum atomic E-state index is 11.8. The Bertz CT molecular complexity index is 303. The first-order valence-electron chi connectivity index (χ1n) is 4.91. The van der Waals surface area contributed by atoms with Gasteiger partial charge in [0.25, 0.3) is 0 Å². The average Bonchev–Trinajstić information content (AvgIpc) is 2.16. The molecule has 2 bridgehead atoms. The number of carbonyl (C=O) groups excluding carboxylic acids is 1. The van der Waals surface area contributed by atoms with Crippen LogP contribution in [0.3, 0.4) is 0 Å². The largest absolute Gasteiger partial charge is 0.402 e. The lowest BCUT2D eigenvalue weighted by Crippen LogP contribution is -2.44. The molecule has 2 heteroatoms. The monoisotopic (exact) mass is 179 g/mol. The van der Waals surface area contributed by atoms with E-state index in [1.165, 1.54) is 0 Å². The predicted molar refractivity (Wildman–Crippen MR) is 51.9 cm³/mol. The maximum Gasteiger partial charge on any atom is 0.163 e. The van der Waals surface area contributed by atoms with E-state index in [0.29, 0.717) is 5.92 Å². The Labute approximate surface area is 79.2 Å². The molecule has 2 aliphatic rings. The van der Waals surface area contributed by atoms with Gasteiger partial charge in [-0.1, -0.05) is 20.8 Å². The first kappa shape index (κ1) is 8.79. The van der Waals surface area contributed by atoms with Gasteiger partial charge in [0.1, 0.15) is 0 Å². The normalized spacial score (nSPS) is 41.9. The maximum absolute atomic E-state index is 11.8. The summed E-state index contributed by atoms with van der Waals surface area (Å²) in [7, 11) is 0. The number of allylic oxidation sites excluding steroid dienone is 2. The Morgan fingerprint density at radius 3 is 2.69 bits per heavy atom. The van der Waals surface area contributed by atoms with Crippen LogP contribution in [0, 0.1) is 16.7 Å². The summed E-state index contributed by atoms with van der Waals surface area (Å²) in [6.45, 7) is 6.42. The molecule has 0 amide bonds. The number of nitrogens with two attached hydrogens (primary N) is 1. The molecule has 2 N–H and O–H groups in total. The molecule has 0 radical (unpaired) electrons. The molecule has 2 nitrogen and oxygen atoms in total. The molecule has 72 valence electrons. The van der Waals surface area contributed by atoms with E-state index in [1.807, 2.05) is 0 Å². The second kappa shape index (κ2) is 2.17. The fraction of sp³-hybridized carbons (Fsp3) is 0.727. The van der Waals surface area contributed by atoms with E-state index in [4.69, 9.17) is 5.73 Å². The van der Waals surface area contributed by atoms with Gasteiger partial charge in [0.05, 0.1) is 0 Å². The third-order valence-corrected chi connectivity index (χ3v) is 4.47. The molecule has 1 saturated carbocycles. The highest BCUT2D eigenvalue weighted by Gasteiger charge is 2.58. The van der Waals surface area contributed by atoms with Crippen LogP contribution in [0.25, 0.3) is 0 Å². The van der Waals surface area contributed by atoms with E-state index in [-0.39, 0.29) is 16.6 Å². The number of hydrogen-bond donors (Lipinski definition) is 1. The number of ketones is 1. The molecule has 2 rings (SSSR count). The second-order valence-electron chi connectivity index (χ2n) is 5.15. The van der Waals surface area contributed by atoms with Crippen LogP contribution in [0.4, 0.5) is 0 Å². The Hall–Kier alpha value is -0.790. The lowest BCUT2D eigenvalue weighted by atomic mass is 9.60. The molecule has 2 atom stereocenters. The molecule has 13 heavy (non-hydrogen) atoms. The van der Waals surface area contributed by atoms with E-state index in [0.717, 1.165) is 18.5 Å². The van der Waals surface area contributed by atoms with Crippen molar-refractivity contribution in [1.29, 1.82) is 0 Å². The minimum Gasteiger partial charge on any atom is -0.402 e. The molecule has 0 aromatic carbocycles. The van der Waals surface area contributed by atoms with Crippen molar-refractivity contribution in [1.82, 2.24) is 0 Å². The second-order valence-corrected chi connectivity index (χ2v) is 5.15. The lowest BCUT2D eigenvalue weighted by molar-refractivity contribution is -0.129. The van der Waals surface area contributed by atoms with Crippen molar-refractivity contribution in [2.45, 2.75) is 33.6 Å². The van der Waals surface area contributed by atoms with Gasteiger partial charge in [-0.15, -0.1) is 0 Å². The predicted octanol–water partition coefficient (Wildman–Crippen LogP) is 1.85. The highest BCUT2D eigenvalue weighted by Crippen LogP contribution is 2.60. The number of fused-ring (bicyclic) bond motifs is 2. The minimum atomic E-state index is -0.166. The topological polar surface area (TPSA) is 43.1 Å². The number of carbonyl (C=O) groups is 1. The zero-order valence-corrected chi connectivity index (χ0v) is 8.55. The molecule has 0 heterocycles. The third-order valence-electron chi connectivity index (χ3n) is 4.47. The van der Waals surface area contributed by atoms with Gasteiger partial charge in [-0.2, -0.15) is 0 Å². The van der Waals surface area contributed by atoms with Crippen molar-refractivity contribution in [2.24, 2.45) is 22.5 Å². The number of hydrogen-bond acceptors (Lipinski definition) is 2. The van der Waals surface area contributed by atoms with Crippen molar-refractivity contribution in [3.8, 4) is 0 Å². The summed E-state index contributed by atoms with van der Waals surface area (Å²) in [5.41, 5.74) is 6.56. The summed E-state index contributed by atoms with van der Waals surface area (Å²) in [4.78, 5) is 11.8. The van der Waals surface area contributed by atoms with Crippen molar-refractivity contribution in [2.75, 3.05) is 0 Å². The SMILES string of the molecule is CC12CCC(C(N)=CC1=O)C2(C)C. The Morgan fingerprint density at radius 1 is 1.46 bits per heavy atom. The fourth-order valence-corrected chi connectivity index (χ4v) is 2.94. The first-order valence-corrected chi connectivity index (χ1v) is 4.91. The zero-order chi connectivity index (χ0) is 9.85. The molecule has 2 aliphatic carbocycles. The van der Waals surface area contributed by atoms with E-state index < -0.39 is 0 Å². The van der Waals surface area contributed by atoms with Gasteiger partial charge in [0.2, 0.25) is 0 Å². The number of rotatable bonds is 0. The fourth-order valence-electron chi connectivity index (χ4n) is 2.94. The zero-order valence-electron chi connectivity index (χ0n) is 8.55. The van der Waals surface area contributed by atoms with E-state index in [1.54, 1.807) is 6.08 Å². The van der Waals surface area contributed by atoms with Gasteiger partial charge in [-0.25, -0.2) is 0 Å². The molecule has 0 saturated heterocycles. The lowest BCUT2D eigenvalue weighted by Gasteiger charge is -2.43. The van der Waals surface area contributed by atoms with Crippen molar-refractivity contribution in [3.63, 3.8) is 0 Å². The molecule has 2 unspecified atom stereocenters. The molecular formula is C11H17NO.